The fourth-order valence-electron chi connectivity index (χ4n) is 2.71. The van der Waals surface area contributed by atoms with Crippen LogP contribution in [0.2, 0.25) is 0 Å². The van der Waals surface area contributed by atoms with Gasteiger partial charge in [0.25, 0.3) is 5.69 Å². The smallest absolute Gasteiger partial charge is 0.311 e. The number of piperidine rings is 1. The topological polar surface area (TPSA) is 83.7 Å². The number of rotatable bonds is 3. The molecule has 1 saturated heterocycles. The zero-order valence-electron chi connectivity index (χ0n) is 11.9. The Balaban J connectivity index is 2.36. The van der Waals surface area contributed by atoms with Gasteiger partial charge in [0.15, 0.2) is 0 Å². The first-order chi connectivity index (χ1) is 9.74. The molecule has 21 heavy (non-hydrogen) atoms. The maximum absolute atomic E-state index is 11.4. The molecule has 1 aliphatic rings. The van der Waals surface area contributed by atoms with Crippen LogP contribution in [0.5, 0.6) is 0 Å². The minimum atomic E-state index is -0.804. The molecular formula is C14H17BrN2O4. The molecule has 0 aliphatic carbocycles. The maximum Gasteiger partial charge on any atom is 0.311 e. The fourth-order valence-corrected chi connectivity index (χ4v) is 3.30. The third kappa shape index (κ3) is 3.02. The standard InChI is InChI=1S/C14H17BrN2O4/c1-9-6-12(10(15)7-11(9)17(20)21)16-5-3-4-14(2,8-16)13(18)19/h6-7H,3-5,8H2,1-2H3,(H,18,19). The molecule has 1 aromatic rings. The van der Waals surface area contributed by atoms with Crippen molar-refractivity contribution in [2.75, 3.05) is 18.0 Å². The van der Waals surface area contributed by atoms with Gasteiger partial charge in [0.1, 0.15) is 0 Å². The van der Waals surface area contributed by atoms with Crippen molar-refractivity contribution >= 4 is 33.3 Å². The highest BCUT2D eigenvalue weighted by Gasteiger charge is 2.38. The van der Waals surface area contributed by atoms with Gasteiger partial charge in [0.05, 0.1) is 16.0 Å². The van der Waals surface area contributed by atoms with Crippen LogP contribution in [0.15, 0.2) is 16.6 Å². The number of aliphatic carboxylic acids is 1. The molecule has 2 rings (SSSR count). The predicted octanol–water partition coefficient (Wildman–Crippen LogP) is 3.36. The van der Waals surface area contributed by atoms with Crippen molar-refractivity contribution in [3.05, 3.63) is 32.3 Å². The van der Waals surface area contributed by atoms with Crippen LogP contribution in [0, 0.1) is 22.5 Å². The Morgan fingerprint density at radius 1 is 1.52 bits per heavy atom. The Kier molecular flexibility index (Phi) is 4.22. The van der Waals surface area contributed by atoms with E-state index >= 15 is 0 Å². The average Bonchev–Trinajstić information content (AvgIpc) is 2.40. The number of halogens is 1. The third-order valence-corrected chi connectivity index (χ3v) is 4.65. The Morgan fingerprint density at radius 3 is 2.76 bits per heavy atom. The molecule has 1 heterocycles. The van der Waals surface area contributed by atoms with E-state index in [2.05, 4.69) is 15.9 Å². The fraction of sp³-hybridized carbons (Fsp3) is 0.500. The molecule has 0 saturated carbocycles. The Labute approximate surface area is 131 Å². The van der Waals surface area contributed by atoms with Crippen LogP contribution < -0.4 is 4.90 Å². The van der Waals surface area contributed by atoms with Crippen LogP contribution in [-0.2, 0) is 4.79 Å². The lowest BCUT2D eigenvalue weighted by atomic mass is 9.82. The molecule has 1 fully saturated rings. The summed E-state index contributed by atoms with van der Waals surface area (Å²) in [6.45, 7) is 4.58. The summed E-state index contributed by atoms with van der Waals surface area (Å²) in [6.07, 6.45) is 1.42. The van der Waals surface area contributed by atoms with Crippen LogP contribution >= 0.6 is 15.9 Å². The summed E-state index contributed by atoms with van der Waals surface area (Å²) in [5.74, 6) is -0.804. The molecule has 6 nitrogen and oxygen atoms in total. The second-order valence-corrected chi connectivity index (χ2v) is 6.59. The van der Waals surface area contributed by atoms with Crippen molar-refractivity contribution in [2.45, 2.75) is 26.7 Å². The van der Waals surface area contributed by atoms with Crippen molar-refractivity contribution in [3.63, 3.8) is 0 Å². The van der Waals surface area contributed by atoms with E-state index < -0.39 is 16.3 Å². The van der Waals surface area contributed by atoms with Gasteiger partial charge in [-0.3, -0.25) is 14.9 Å². The number of aryl methyl sites for hydroxylation is 1. The van der Waals surface area contributed by atoms with Crippen LogP contribution in [0.4, 0.5) is 11.4 Å². The highest BCUT2D eigenvalue weighted by molar-refractivity contribution is 9.10. The number of benzene rings is 1. The number of nitro groups is 1. The Bertz CT molecular complexity index is 605. The maximum atomic E-state index is 11.4. The number of carbonyl (C=O) groups is 1. The molecule has 0 spiro atoms. The van der Waals surface area contributed by atoms with E-state index in [4.69, 9.17) is 0 Å². The number of nitro benzene ring substituents is 1. The largest absolute Gasteiger partial charge is 0.481 e. The van der Waals surface area contributed by atoms with Gasteiger partial charge < -0.3 is 10.0 Å². The van der Waals surface area contributed by atoms with Crippen molar-refractivity contribution in [1.29, 1.82) is 0 Å². The lowest BCUT2D eigenvalue weighted by Crippen LogP contribution is -2.46. The van der Waals surface area contributed by atoms with Crippen LogP contribution in [0.3, 0.4) is 0 Å². The second-order valence-electron chi connectivity index (χ2n) is 5.74. The van der Waals surface area contributed by atoms with Gasteiger partial charge in [0, 0.05) is 29.2 Å². The average molecular weight is 357 g/mol. The van der Waals surface area contributed by atoms with E-state index in [1.165, 1.54) is 6.07 Å². The van der Waals surface area contributed by atoms with Crippen LogP contribution in [0.25, 0.3) is 0 Å². The first kappa shape index (κ1) is 15.8. The Hall–Kier alpha value is -1.63. The SMILES string of the molecule is Cc1cc(N2CCCC(C)(C(=O)O)C2)c(Br)cc1[N+](=O)[O-]. The Morgan fingerprint density at radius 2 is 2.19 bits per heavy atom. The number of carboxylic acid groups (broad SMARTS) is 1. The lowest BCUT2D eigenvalue weighted by Gasteiger charge is -2.39. The van der Waals surface area contributed by atoms with Gasteiger partial charge >= 0.3 is 5.97 Å². The van der Waals surface area contributed by atoms with Crippen molar-refractivity contribution < 1.29 is 14.8 Å². The zero-order valence-corrected chi connectivity index (χ0v) is 13.5. The normalized spacial score (nSPS) is 22.1. The molecule has 1 atom stereocenters. The predicted molar refractivity (Wildman–Crippen MR) is 82.7 cm³/mol. The summed E-state index contributed by atoms with van der Waals surface area (Å²) in [4.78, 5) is 23.9. The molecule has 7 heteroatoms. The minimum Gasteiger partial charge on any atom is -0.481 e. The lowest BCUT2D eigenvalue weighted by molar-refractivity contribution is -0.385. The minimum absolute atomic E-state index is 0.0589. The summed E-state index contributed by atoms with van der Waals surface area (Å²) in [6, 6.07) is 3.23. The van der Waals surface area contributed by atoms with Gasteiger partial charge in [0.2, 0.25) is 0 Å². The van der Waals surface area contributed by atoms with E-state index in [1.54, 1.807) is 19.9 Å². The second kappa shape index (κ2) is 5.63. The summed E-state index contributed by atoms with van der Waals surface area (Å²) >= 11 is 3.37. The molecule has 0 bridgehead atoms. The molecule has 0 radical (unpaired) electrons. The van der Waals surface area contributed by atoms with E-state index in [0.717, 1.165) is 18.7 Å². The highest BCUT2D eigenvalue weighted by atomic mass is 79.9. The third-order valence-electron chi connectivity index (χ3n) is 4.02. The van der Waals surface area contributed by atoms with E-state index in [1.807, 2.05) is 4.90 Å². The zero-order chi connectivity index (χ0) is 15.8. The van der Waals surface area contributed by atoms with E-state index in [-0.39, 0.29) is 5.69 Å². The van der Waals surface area contributed by atoms with Crippen LogP contribution in [0.1, 0.15) is 25.3 Å². The number of hydrogen-bond donors (Lipinski definition) is 1. The van der Waals surface area contributed by atoms with Gasteiger partial charge in [-0.25, -0.2) is 0 Å². The number of carboxylic acids is 1. The number of anilines is 1. The number of nitrogens with zero attached hydrogens (tertiary/aromatic N) is 2. The molecule has 1 N–H and O–H groups in total. The highest BCUT2D eigenvalue weighted by Crippen LogP contribution is 2.38. The quantitative estimate of drug-likeness (QED) is 0.663. The number of hydrogen-bond acceptors (Lipinski definition) is 4. The molecule has 0 aromatic heterocycles. The van der Waals surface area contributed by atoms with Gasteiger partial charge in [-0.2, -0.15) is 0 Å². The van der Waals surface area contributed by atoms with Crippen molar-refractivity contribution in [3.8, 4) is 0 Å². The summed E-state index contributed by atoms with van der Waals surface area (Å²) in [5, 5.41) is 20.3. The molecular weight excluding hydrogens is 340 g/mol. The van der Waals surface area contributed by atoms with Gasteiger partial charge in [-0.1, -0.05) is 0 Å². The summed E-state index contributed by atoms with van der Waals surface area (Å²) in [5.41, 5.74) is 0.655. The summed E-state index contributed by atoms with van der Waals surface area (Å²) < 4.78 is 0.620. The molecule has 1 aliphatic heterocycles. The molecule has 0 amide bonds. The van der Waals surface area contributed by atoms with Crippen molar-refractivity contribution in [2.24, 2.45) is 5.41 Å². The van der Waals surface area contributed by atoms with Crippen LogP contribution in [-0.4, -0.2) is 29.1 Å². The molecule has 1 unspecified atom stereocenters. The summed E-state index contributed by atoms with van der Waals surface area (Å²) in [7, 11) is 0. The first-order valence-corrected chi connectivity index (χ1v) is 7.47. The van der Waals surface area contributed by atoms with Gasteiger partial charge in [-0.15, -0.1) is 0 Å². The molecule has 114 valence electrons. The van der Waals surface area contributed by atoms with Crippen molar-refractivity contribution in [1.82, 2.24) is 0 Å². The molecule has 1 aromatic carbocycles. The van der Waals surface area contributed by atoms with Gasteiger partial charge in [-0.05, 0) is 48.7 Å². The monoisotopic (exact) mass is 356 g/mol. The van der Waals surface area contributed by atoms with E-state index in [9.17, 15) is 20.0 Å². The first-order valence-electron chi connectivity index (χ1n) is 6.67. The van der Waals surface area contributed by atoms with E-state index in [0.29, 0.717) is 23.0 Å².